The number of nitriles is 1. The molecule has 0 spiro atoms. The van der Waals surface area contributed by atoms with Gasteiger partial charge in [0.05, 0.1) is 23.4 Å². The van der Waals surface area contributed by atoms with E-state index in [9.17, 15) is 10.1 Å². The lowest BCUT2D eigenvalue weighted by atomic mass is 10.1. The van der Waals surface area contributed by atoms with Crippen LogP contribution in [0.1, 0.15) is 46.3 Å². The predicted molar refractivity (Wildman–Crippen MR) is 106 cm³/mol. The Labute approximate surface area is 162 Å². The highest BCUT2D eigenvalue weighted by Crippen LogP contribution is 2.36. The predicted octanol–water partition coefficient (Wildman–Crippen LogP) is 4.84. The number of aromatic nitrogens is 2. The van der Waals surface area contributed by atoms with Crippen molar-refractivity contribution in [2.45, 2.75) is 40.2 Å². The van der Waals surface area contributed by atoms with Gasteiger partial charge in [0.25, 0.3) is 0 Å². The van der Waals surface area contributed by atoms with E-state index in [1.54, 1.807) is 6.92 Å². The lowest BCUT2D eigenvalue weighted by molar-refractivity contribution is 0.0531. The molecule has 0 radical (unpaired) electrons. The number of thiazole rings is 1. The Morgan fingerprint density at radius 2 is 2.19 bits per heavy atom. The van der Waals surface area contributed by atoms with Crippen molar-refractivity contribution in [1.29, 1.82) is 5.26 Å². The van der Waals surface area contributed by atoms with Crippen molar-refractivity contribution in [3.05, 3.63) is 40.0 Å². The Morgan fingerprint density at radius 3 is 2.85 bits per heavy atom. The van der Waals surface area contributed by atoms with Crippen LogP contribution >= 0.6 is 11.3 Å². The standard InChI is InChI=1S/C21H21N3O2S/c1-4-26-21(25)19-13(3)23-20(27-19)15-7-12(2)18-17(8-15)16(9-22)11-24(18)10-14-5-6-14/h7-8,11,14H,4-6,10H2,1-3H3. The fraction of sp³-hybridized carbons (Fsp3) is 0.381. The van der Waals surface area contributed by atoms with Crippen molar-refractivity contribution < 1.29 is 9.53 Å². The van der Waals surface area contributed by atoms with Crippen molar-refractivity contribution in [3.63, 3.8) is 0 Å². The van der Waals surface area contributed by atoms with E-state index in [4.69, 9.17) is 4.74 Å². The van der Waals surface area contributed by atoms with Crippen LogP contribution in [0.25, 0.3) is 21.5 Å². The maximum absolute atomic E-state index is 12.1. The zero-order chi connectivity index (χ0) is 19.1. The molecule has 0 bridgehead atoms. The van der Waals surface area contributed by atoms with E-state index in [2.05, 4.69) is 28.6 Å². The van der Waals surface area contributed by atoms with Gasteiger partial charge in [-0.25, -0.2) is 9.78 Å². The fourth-order valence-electron chi connectivity index (χ4n) is 3.50. The number of esters is 1. The summed E-state index contributed by atoms with van der Waals surface area (Å²) >= 11 is 1.34. The highest BCUT2D eigenvalue weighted by Gasteiger charge is 2.24. The molecule has 5 nitrogen and oxygen atoms in total. The lowest BCUT2D eigenvalue weighted by Crippen LogP contribution is -2.03. The van der Waals surface area contributed by atoms with Crippen LogP contribution in [0.5, 0.6) is 0 Å². The van der Waals surface area contributed by atoms with Gasteiger partial charge in [0.2, 0.25) is 0 Å². The summed E-state index contributed by atoms with van der Waals surface area (Å²) in [4.78, 5) is 17.2. The molecular weight excluding hydrogens is 358 g/mol. The van der Waals surface area contributed by atoms with E-state index in [1.165, 1.54) is 24.2 Å². The van der Waals surface area contributed by atoms with E-state index < -0.39 is 0 Å². The van der Waals surface area contributed by atoms with Crippen molar-refractivity contribution >= 4 is 28.2 Å². The van der Waals surface area contributed by atoms with Gasteiger partial charge in [-0.15, -0.1) is 11.3 Å². The van der Waals surface area contributed by atoms with Crippen LogP contribution in [-0.2, 0) is 11.3 Å². The van der Waals surface area contributed by atoms with E-state index in [1.807, 2.05) is 19.2 Å². The Bertz CT molecular complexity index is 1080. The number of rotatable bonds is 5. The number of fused-ring (bicyclic) bond motifs is 1. The van der Waals surface area contributed by atoms with E-state index >= 15 is 0 Å². The normalized spacial score (nSPS) is 13.7. The second-order valence-corrected chi connectivity index (χ2v) is 8.09. The van der Waals surface area contributed by atoms with Gasteiger partial charge in [-0.05, 0) is 57.2 Å². The Balaban J connectivity index is 1.81. The quantitative estimate of drug-likeness (QED) is 0.595. The zero-order valence-corrected chi connectivity index (χ0v) is 16.5. The van der Waals surface area contributed by atoms with E-state index in [0.29, 0.717) is 22.7 Å². The van der Waals surface area contributed by atoms with Crippen molar-refractivity contribution in [2.75, 3.05) is 6.61 Å². The minimum atomic E-state index is -0.329. The largest absolute Gasteiger partial charge is 0.462 e. The van der Waals surface area contributed by atoms with Crippen LogP contribution in [0.15, 0.2) is 18.3 Å². The SMILES string of the molecule is CCOC(=O)c1sc(-c2cc(C)c3c(c2)c(C#N)cn3CC2CC2)nc1C. The number of nitrogens with zero attached hydrogens (tertiary/aromatic N) is 3. The summed E-state index contributed by atoms with van der Waals surface area (Å²) in [5.41, 5.74) is 4.55. The molecule has 2 aromatic heterocycles. The van der Waals surface area contributed by atoms with Crippen LogP contribution in [0.3, 0.4) is 0 Å². The molecule has 0 unspecified atom stereocenters. The zero-order valence-electron chi connectivity index (χ0n) is 15.7. The van der Waals surface area contributed by atoms with Crippen LogP contribution in [-0.4, -0.2) is 22.1 Å². The molecule has 0 N–H and O–H groups in total. The molecule has 27 heavy (non-hydrogen) atoms. The average Bonchev–Trinajstić information content (AvgIpc) is 3.25. The second kappa shape index (κ2) is 6.82. The molecule has 138 valence electrons. The van der Waals surface area contributed by atoms with Crippen LogP contribution in [0.2, 0.25) is 0 Å². The number of carbonyl (C=O) groups is 1. The van der Waals surface area contributed by atoms with Gasteiger partial charge in [-0.3, -0.25) is 0 Å². The summed E-state index contributed by atoms with van der Waals surface area (Å²) in [5.74, 6) is 0.407. The van der Waals surface area contributed by atoms with Gasteiger partial charge in [-0.2, -0.15) is 5.26 Å². The molecule has 1 aliphatic rings. The first-order valence-corrected chi connectivity index (χ1v) is 10.0. The smallest absolute Gasteiger partial charge is 0.350 e. The van der Waals surface area contributed by atoms with Crippen LogP contribution < -0.4 is 0 Å². The van der Waals surface area contributed by atoms with Gasteiger partial charge in [0.1, 0.15) is 16.0 Å². The summed E-state index contributed by atoms with van der Waals surface area (Å²) in [5, 5.41) is 11.3. The van der Waals surface area contributed by atoms with Gasteiger partial charge >= 0.3 is 5.97 Å². The molecule has 6 heteroatoms. The number of ether oxygens (including phenoxy) is 1. The third kappa shape index (κ3) is 3.24. The molecule has 1 saturated carbocycles. The topological polar surface area (TPSA) is 67.9 Å². The Morgan fingerprint density at radius 1 is 1.41 bits per heavy atom. The first-order chi connectivity index (χ1) is 13.0. The molecule has 4 rings (SSSR count). The third-order valence-corrected chi connectivity index (χ3v) is 6.13. The number of benzene rings is 1. The van der Waals surface area contributed by atoms with Crippen molar-refractivity contribution in [3.8, 4) is 16.6 Å². The van der Waals surface area contributed by atoms with Gasteiger partial charge in [-0.1, -0.05) is 0 Å². The molecule has 0 atom stereocenters. The molecule has 0 amide bonds. The first kappa shape index (κ1) is 17.7. The molecule has 1 aromatic carbocycles. The lowest BCUT2D eigenvalue weighted by Gasteiger charge is -2.08. The maximum atomic E-state index is 12.1. The molecule has 2 heterocycles. The van der Waals surface area contributed by atoms with Crippen molar-refractivity contribution in [1.82, 2.24) is 9.55 Å². The van der Waals surface area contributed by atoms with Gasteiger partial charge in [0.15, 0.2) is 0 Å². The second-order valence-electron chi connectivity index (χ2n) is 7.09. The van der Waals surface area contributed by atoms with Crippen LogP contribution in [0, 0.1) is 31.1 Å². The minimum absolute atomic E-state index is 0.329. The molecule has 3 aromatic rings. The molecular formula is C21H21N3O2S. The number of hydrogen-bond acceptors (Lipinski definition) is 5. The highest BCUT2D eigenvalue weighted by molar-refractivity contribution is 7.17. The Kier molecular flexibility index (Phi) is 4.48. The summed E-state index contributed by atoms with van der Waals surface area (Å²) in [6, 6.07) is 6.45. The molecule has 0 aliphatic heterocycles. The van der Waals surface area contributed by atoms with Crippen LogP contribution in [0.4, 0.5) is 0 Å². The van der Waals surface area contributed by atoms with Crippen molar-refractivity contribution in [2.24, 2.45) is 5.92 Å². The first-order valence-electron chi connectivity index (χ1n) is 9.20. The number of carbonyl (C=O) groups excluding carboxylic acids is 1. The minimum Gasteiger partial charge on any atom is -0.462 e. The van der Waals surface area contributed by atoms with E-state index in [0.717, 1.165) is 39.5 Å². The van der Waals surface area contributed by atoms with Gasteiger partial charge < -0.3 is 9.30 Å². The Hall–Kier alpha value is -2.65. The monoisotopic (exact) mass is 379 g/mol. The molecule has 0 saturated heterocycles. The van der Waals surface area contributed by atoms with Gasteiger partial charge in [0, 0.05) is 23.7 Å². The molecule has 1 fully saturated rings. The number of aryl methyl sites for hydroxylation is 2. The fourth-order valence-corrected chi connectivity index (χ4v) is 4.44. The maximum Gasteiger partial charge on any atom is 0.350 e. The van der Waals surface area contributed by atoms with E-state index in [-0.39, 0.29) is 5.97 Å². The summed E-state index contributed by atoms with van der Waals surface area (Å²) in [6.45, 7) is 7.01. The third-order valence-electron chi connectivity index (χ3n) is 4.94. The summed E-state index contributed by atoms with van der Waals surface area (Å²) < 4.78 is 7.34. The number of hydrogen-bond donors (Lipinski definition) is 0. The summed E-state index contributed by atoms with van der Waals surface area (Å²) in [7, 11) is 0. The highest BCUT2D eigenvalue weighted by atomic mass is 32.1. The summed E-state index contributed by atoms with van der Waals surface area (Å²) in [6.07, 6.45) is 4.51. The molecule has 1 aliphatic carbocycles. The average molecular weight is 379 g/mol.